The van der Waals surface area contributed by atoms with E-state index in [0.29, 0.717) is 118 Å². The molecule has 1 aliphatic rings. The normalized spacial score (nSPS) is 15.5. The van der Waals surface area contributed by atoms with Crippen molar-refractivity contribution in [3.8, 4) is 0 Å². The van der Waals surface area contributed by atoms with E-state index in [4.69, 9.17) is 43.6 Å². The molecule has 25 nitrogen and oxygen atoms in total. The molecule has 0 saturated carbocycles. The number of aryl methyl sites for hydroxylation is 2. The number of hydrogen-bond acceptors (Lipinski definition) is 17. The number of rotatable bonds is 51. The number of carbonyl (C=O) groups excluding carboxylic acids is 5. The first-order chi connectivity index (χ1) is 40.0. The highest BCUT2D eigenvalue weighted by Crippen LogP contribution is 2.37. The third-order valence-corrected chi connectivity index (χ3v) is 14.8. The summed E-state index contributed by atoms with van der Waals surface area (Å²) in [6, 6.07) is 5.12. The molecule has 1 saturated heterocycles. The molecule has 474 valence electrons. The van der Waals surface area contributed by atoms with Crippen molar-refractivity contribution in [3.63, 3.8) is 0 Å². The van der Waals surface area contributed by atoms with Crippen LogP contribution >= 0.6 is 7.60 Å². The van der Waals surface area contributed by atoms with Gasteiger partial charge in [-0.15, -0.1) is 0 Å². The number of nitrogens with two attached hydrogens (primary N) is 1. The number of carbonyl (C=O) groups is 5. The second-order valence-electron chi connectivity index (χ2n) is 21.2. The van der Waals surface area contributed by atoms with Gasteiger partial charge in [-0.25, -0.2) is 4.98 Å². The van der Waals surface area contributed by atoms with Crippen LogP contribution in [0.1, 0.15) is 96.2 Å². The number of nitrogens with one attached hydrogen (secondary N) is 4. The highest BCUT2D eigenvalue weighted by molar-refractivity contribution is 7.51. The number of aliphatic hydroxyl groups excluding tert-OH is 1. The van der Waals surface area contributed by atoms with Gasteiger partial charge in [0.1, 0.15) is 18.1 Å². The van der Waals surface area contributed by atoms with Gasteiger partial charge in [0.25, 0.3) is 0 Å². The fourth-order valence-electron chi connectivity index (χ4n) is 9.39. The summed E-state index contributed by atoms with van der Waals surface area (Å²) in [7, 11) is -2.98. The van der Waals surface area contributed by atoms with E-state index in [9.17, 15) is 43.4 Å². The van der Waals surface area contributed by atoms with Crippen LogP contribution in [0, 0.1) is 11.8 Å². The zero-order valence-corrected chi connectivity index (χ0v) is 50.5. The number of aromatic nitrogens is 2. The number of benzene rings is 1. The molecule has 5 amide bonds. The van der Waals surface area contributed by atoms with Gasteiger partial charge in [0.15, 0.2) is 0 Å². The molecule has 6 unspecified atom stereocenters. The minimum absolute atomic E-state index is 0.0822. The average Bonchev–Trinajstić information content (AvgIpc) is 4.30. The molecule has 1 aromatic heterocycles. The molecule has 6 atom stereocenters. The van der Waals surface area contributed by atoms with Crippen molar-refractivity contribution in [2.75, 3.05) is 132 Å². The molecule has 83 heavy (non-hydrogen) atoms. The van der Waals surface area contributed by atoms with E-state index in [-0.39, 0.29) is 50.3 Å². The molecule has 3 rings (SSSR count). The van der Waals surface area contributed by atoms with Crippen LogP contribution in [0.5, 0.6) is 0 Å². The number of methoxy groups -OCH3 is 1. The maximum atomic E-state index is 14.3. The minimum atomic E-state index is -4.61. The molecular formula is C57H99N8O17P. The predicted molar refractivity (Wildman–Crippen MR) is 310 cm³/mol. The number of amides is 5. The van der Waals surface area contributed by atoms with Crippen LogP contribution in [0.4, 0.5) is 0 Å². The zero-order valence-electron chi connectivity index (χ0n) is 49.6. The molecule has 0 spiro atoms. The number of aliphatic hydroxyl groups is 1. The number of imidazole rings is 1. The Kier molecular flexibility index (Phi) is 38.6. The Balaban J connectivity index is 1.49. The number of hydrogen-bond donors (Lipinski definition) is 8. The van der Waals surface area contributed by atoms with Crippen molar-refractivity contribution in [1.82, 2.24) is 35.7 Å². The van der Waals surface area contributed by atoms with E-state index in [1.807, 2.05) is 24.5 Å². The maximum absolute atomic E-state index is 14.3. The Labute approximate surface area is 490 Å². The van der Waals surface area contributed by atoms with Crippen LogP contribution in [0.3, 0.4) is 0 Å². The van der Waals surface area contributed by atoms with E-state index in [0.717, 1.165) is 50.6 Å². The quantitative estimate of drug-likeness (QED) is 0.0346. The molecule has 0 radical (unpaired) electrons. The van der Waals surface area contributed by atoms with E-state index < -0.39 is 74.2 Å². The van der Waals surface area contributed by atoms with Gasteiger partial charge >= 0.3 is 7.60 Å². The fourth-order valence-corrected chi connectivity index (χ4v) is 10.4. The van der Waals surface area contributed by atoms with Gasteiger partial charge in [-0.1, -0.05) is 76.8 Å². The fraction of sp³-hybridized carbons (Fsp3) is 0.754. The lowest BCUT2D eigenvalue weighted by Gasteiger charge is -2.29. The lowest BCUT2D eigenvalue weighted by atomic mass is 10.0. The van der Waals surface area contributed by atoms with Crippen LogP contribution in [0.15, 0.2) is 42.9 Å². The van der Waals surface area contributed by atoms with Gasteiger partial charge in [-0.2, -0.15) is 0 Å². The molecule has 0 bridgehead atoms. The summed E-state index contributed by atoms with van der Waals surface area (Å²) in [6.45, 7) is 12.0. The van der Waals surface area contributed by atoms with Crippen molar-refractivity contribution < 1.29 is 81.3 Å². The average molecular weight is 1200 g/mol. The Morgan fingerprint density at radius 1 is 0.723 bits per heavy atom. The van der Waals surface area contributed by atoms with Crippen LogP contribution in [-0.2, 0) is 85.8 Å². The van der Waals surface area contributed by atoms with E-state index in [2.05, 4.69) is 50.5 Å². The van der Waals surface area contributed by atoms with Crippen molar-refractivity contribution in [2.45, 2.75) is 135 Å². The highest BCUT2D eigenvalue weighted by Gasteiger charge is 2.36. The van der Waals surface area contributed by atoms with Crippen LogP contribution in [0.2, 0.25) is 0 Å². The first kappa shape index (κ1) is 72.8. The van der Waals surface area contributed by atoms with Gasteiger partial charge in [0.05, 0.1) is 131 Å². The molecule has 1 fully saturated rings. The summed E-state index contributed by atoms with van der Waals surface area (Å²) >= 11 is 0. The molecule has 26 heteroatoms. The molecule has 2 aromatic rings. The maximum Gasteiger partial charge on any atom is 0.325 e. The number of unbranched alkanes of at least 4 members (excludes halogenated alkanes) is 5. The van der Waals surface area contributed by atoms with Gasteiger partial charge in [-0.3, -0.25) is 28.5 Å². The summed E-state index contributed by atoms with van der Waals surface area (Å²) in [5, 5.41) is 21.7. The van der Waals surface area contributed by atoms with Crippen molar-refractivity contribution in [3.05, 3.63) is 54.1 Å². The Hall–Kier alpha value is -4.47. The third-order valence-electron chi connectivity index (χ3n) is 13.7. The molecule has 1 aliphatic heterocycles. The monoisotopic (exact) mass is 1200 g/mol. The number of primary amides is 1. The largest absolute Gasteiger partial charge is 0.394 e. The Bertz CT molecular complexity index is 2120. The SMILES string of the molecule is COCCOCCOCCOCCOCCOCCOCCOCCC(=O)N1CCCC1C(=O)NC(CNC(Cc1cncn1CCCCCCCCc1ccccc1)C(=O)NC(CO)C(=O)NC(C(N)=O)C(C)CP(=O)(O)O)CC(C)C. The lowest BCUT2D eigenvalue weighted by Crippen LogP contribution is -2.59. The van der Waals surface area contributed by atoms with E-state index >= 15 is 0 Å². The van der Waals surface area contributed by atoms with Crippen LogP contribution in [-0.4, -0.2) is 221 Å². The number of ether oxygens (including phenoxy) is 8. The summed E-state index contributed by atoms with van der Waals surface area (Å²) in [5.41, 5.74) is 7.57. The second kappa shape index (κ2) is 44.0. The first-order valence-electron chi connectivity index (χ1n) is 29.5. The smallest absolute Gasteiger partial charge is 0.325 e. The van der Waals surface area contributed by atoms with Gasteiger partial charge in [0, 0.05) is 51.1 Å². The molecular weight excluding hydrogens is 1100 g/mol. The standard InChI is InChI=1S/C57H99N8O17P/c1-44(2)37-47(61-57(71)51-18-14-21-65(51)52(67)19-22-76-25-26-78-29-30-80-33-34-82-36-35-81-32-31-79-28-27-77-24-23-75-4)39-60-49(55(69)62-50(41-66)56(70)63-53(54(58)68)45(3)42-83(72,73)74)38-48-40-59-43-64(48)20-13-8-6-5-7-10-15-46-16-11-9-12-17-46/h9,11-12,16-17,40,43-45,47,49-51,53,60,66H,5-8,10,13-15,18-39,41-42H2,1-4H3,(H2,58,68)(H,61,71)(H,62,69)(H,63,70)(H2,72,73,74). The topological polar surface area (TPSA) is 332 Å². The van der Waals surface area contributed by atoms with E-state index in [1.165, 1.54) is 12.5 Å². The van der Waals surface area contributed by atoms with Crippen LogP contribution < -0.4 is 27.0 Å². The molecule has 0 aliphatic carbocycles. The van der Waals surface area contributed by atoms with Gasteiger partial charge in [-0.05, 0) is 55.9 Å². The predicted octanol–water partition coefficient (Wildman–Crippen LogP) is 1.90. The zero-order chi connectivity index (χ0) is 60.5. The Morgan fingerprint density at radius 3 is 1.81 bits per heavy atom. The molecule has 1 aromatic carbocycles. The van der Waals surface area contributed by atoms with Crippen molar-refractivity contribution >= 4 is 37.1 Å². The van der Waals surface area contributed by atoms with Gasteiger partial charge < -0.3 is 89.3 Å². The lowest BCUT2D eigenvalue weighted by molar-refractivity contribution is -0.139. The van der Waals surface area contributed by atoms with E-state index in [1.54, 1.807) is 24.5 Å². The summed E-state index contributed by atoms with van der Waals surface area (Å²) in [6.07, 6.45) is 11.8. The third kappa shape index (κ3) is 33.1. The second-order valence-corrected chi connectivity index (χ2v) is 22.9. The van der Waals surface area contributed by atoms with Gasteiger partial charge in [0.2, 0.25) is 29.5 Å². The molecule has 9 N–H and O–H groups in total. The van der Waals surface area contributed by atoms with Crippen molar-refractivity contribution in [1.29, 1.82) is 0 Å². The van der Waals surface area contributed by atoms with Crippen molar-refractivity contribution in [2.24, 2.45) is 17.6 Å². The summed E-state index contributed by atoms with van der Waals surface area (Å²) in [4.78, 5) is 92.6. The Morgan fingerprint density at radius 2 is 1.27 bits per heavy atom. The molecule has 2 heterocycles. The number of likely N-dealkylation sites (tertiary alicyclic amines) is 1. The minimum Gasteiger partial charge on any atom is -0.394 e. The summed E-state index contributed by atoms with van der Waals surface area (Å²) in [5.74, 6) is -4.23. The number of nitrogens with zero attached hydrogens (tertiary/aromatic N) is 3. The summed E-state index contributed by atoms with van der Waals surface area (Å²) < 4.78 is 57.2. The first-order valence-corrected chi connectivity index (χ1v) is 31.3. The van der Waals surface area contributed by atoms with Crippen LogP contribution in [0.25, 0.3) is 0 Å². The highest BCUT2D eigenvalue weighted by atomic mass is 31.2.